The minimum atomic E-state index is -0.404. The molecule has 1 amide bonds. The quantitative estimate of drug-likeness (QED) is 0.699. The summed E-state index contributed by atoms with van der Waals surface area (Å²) in [4.78, 5) is 27.8. The van der Waals surface area contributed by atoms with Crippen molar-refractivity contribution in [3.8, 4) is 0 Å². The average molecular weight is 261 g/mol. The van der Waals surface area contributed by atoms with Gasteiger partial charge in [-0.25, -0.2) is 4.98 Å². The molecule has 0 spiro atoms. The van der Waals surface area contributed by atoms with Crippen molar-refractivity contribution < 1.29 is 4.79 Å². The van der Waals surface area contributed by atoms with Gasteiger partial charge in [0.05, 0.1) is 6.33 Å². The molecule has 0 unspecified atom stereocenters. The normalized spacial score (nSPS) is 9.79. The summed E-state index contributed by atoms with van der Waals surface area (Å²) in [5.74, 6) is -0.00605. The van der Waals surface area contributed by atoms with Gasteiger partial charge in [0.2, 0.25) is 5.91 Å². The van der Waals surface area contributed by atoms with Gasteiger partial charge in [-0.05, 0) is 15.9 Å². The Kier molecular flexibility index (Phi) is 3.63. The molecule has 0 aliphatic heterocycles. The molecular weight excluding hydrogens is 252 g/mol. The molecule has 1 heterocycles. The van der Waals surface area contributed by atoms with Crippen LogP contribution in [-0.2, 0) is 4.79 Å². The Labute approximate surface area is 88.0 Å². The maximum atomic E-state index is 11.1. The van der Waals surface area contributed by atoms with Crippen molar-refractivity contribution in [2.24, 2.45) is 5.73 Å². The minimum absolute atomic E-state index is 0.195. The zero-order valence-electron chi connectivity index (χ0n) is 7.21. The number of anilines is 1. The molecule has 1 rings (SSSR count). The number of H-pyrrole nitrogens is 1. The van der Waals surface area contributed by atoms with Crippen molar-refractivity contribution in [2.75, 3.05) is 11.9 Å². The number of nitrogens with one attached hydrogen (secondary N) is 2. The van der Waals surface area contributed by atoms with Crippen LogP contribution in [-0.4, -0.2) is 22.4 Å². The fraction of sp³-hybridized carbons (Fsp3) is 0.286. The van der Waals surface area contributed by atoms with Crippen LogP contribution in [0.1, 0.15) is 6.42 Å². The first kappa shape index (κ1) is 10.7. The zero-order valence-corrected chi connectivity index (χ0v) is 8.80. The van der Waals surface area contributed by atoms with E-state index < -0.39 is 5.91 Å². The number of nitrogens with zero attached hydrogens (tertiary/aromatic N) is 1. The van der Waals surface area contributed by atoms with Gasteiger partial charge in [0, 0.05) is 13.0 Å². The molecule has 6 nitrogen and oxygen atoms in total. The number of carbonyl (C=O) groups is 1. The van der Waals surface area contributed by atoms with Gasteiger partial charge in [-0.15, -0.1) is 0 Å². The molecule has 0 radical (unpaired) electrons. The average Bonchev–Trinajstić information content (AvgIpc) is 2.12. The van der Waals surface area contributed by atoms with Crippen LogP contribution in [0.2, 0.25) is 0 Å². The maximum Gasteiger partial charge on any atom is 0.267 e. The summed E-state index contributed by atoms with van der Waals surface area (Å²) < 4.78 is 0.310. The zero-order chi connectivity index (χ0) is 10.6. The van der Waals surface area contributed by atoms with Crippen molar-refractivity contribution in [1.82, 2.24) is 9.97 Å². The molecule has 14 heavy (non-hydrogen) atoms. The van der Waals surface area contributed by atoms with Crippen LogP contribution in [0.3, 0.4) is 0 Å². The van der Waals surface area contributed by atoms with E-state index in [2.05, 4.69) is 31.2 Å². The number of nitrogens with two attached hydrogens (primary N) is 1. The summed E-state index contributed by atoms with van der Waals surface area (Å²) in [6.45, 7) is 0.352. The lowest BCUT2D eigenvalue weighted by molar-refractivity contribution is -0.117. The molecule has 0 fully saturated rings. The van der Waals surface area contributed by atoms with Crippen LogP contribution in [0.4, 0.5) is 5.82 Å². The van der Waals surface area contributed by atoms with E-state index in [0.717, 1.165) is 0 Å². The first-order chi connectivity index (χ1) is 6.61. The number of rotatable bonds is 4. The molecule has 0 aliphatic rings. The second-order valence-corrected chi connectivity index (χ2v) is 3.33. The molecule has 76 valence electrons. The number of hydrogen-bond acceptors (Lipinski definition) is 4. The second-order valence-electron chi connectivity index (χ2n) is 2.54. The lowest BCUT2D eigenvalue weighted by Gasteiger charge is -2.04. The number of carbonyl (C=O) groups excluding carboxylic acids is 1. The molecule has 0 aromatic carbocycles. The van der Waals surface area contributed by atoms with Gasteiger partial charge >= 0.3 is 0 Å². The number of amides is 1. The maximum absolute atomic E-state index is 11.1. The third kappa shape index (κ3) is 2.84. The summed E-state index contributed by atoms with van der Waals surface area (Å²) in [6, 6.07) is 0. The van der Waals surface area contributed by atoms with Gasteiger partial charge in [0.1, 0.15) is 10.3 Å². The monoisotopic (exact) mass is 260 g/mol. The lowest BCUT2D eigenvalue weighted by atomic mass is 10.4. The number of halogens is 1. The standard InChI is InChI=1S/C7H9BrN4O2/c8-5-6(10-2-1-4(9)13)11-3-12-7(5)14/h3H,1-2H2,(H2,9,13)(H2,10,11,12,14). The topological polar surface area (TPSA) is 101 Å². The second kappa shape index (κ2) is 4.75. The highest BCUT2D eigenvalue weighted by molar-refractivity contribution is 9.10. The molecule has 0 bridgehead atoms. The van der Waals surface area contributed by atoms with E-state index in [1.165, 1.54) is 6.33 Å². The van der Waals surface area contributed by atoms with Crippen molar-refractivity contribution in [3.05, 3.63) is 21.2 Å². The number of aromatic nitrogens is 2. The fourth-order valence-electron chi connectivity index (χ4n) is 0.810. The fourth-order valence-corrected chi connectivity index (χ4v) is 1.17. The van der Waals surface area contributed by atoms with E-state index >= 15 is 0 Å². The van der Waals surface area contributed by atoms with Crippen LogP contribution in [0.5, 0.6) is 0 Å². The number of aromatic amines is 1. The lowest BCUT2D eigenvalue weighted by Crippen LogP contribution is -2.18. The Hall–Kier alpha value is -1.37. The molecule has 1 aromatic rings. The van der Waals surface area contributed by atoms with Crippen LogP contribution in [0, 0.1) is 0 Å². The summed E-state index contributed by atoms with van der Waals surface area (Å²) in [5, 5.41) is 2.81. The van der Waals surface area contributed by atoms with Crippen LogP contribution in [0.15, 0.2) is 15.6 Å². The van der Waals surface area contributed by atoms with Gasteiger partial charge in [-0.3, -0.25) is 9.59 Å². The van der Waals surface area contributed by atoms with E-state index in [0.29, 0.717) is 16.8 Å². The Morgan fingerprint density at radius 1 is 1.71 bits per heavy atom. The van der Waals surface area contributed by atoms with Crippen molar-refractivity contribution in [1.29, 1.82) is 0 Å². The van der Waals surface area contributed by atoms with Crippen molar-refractivity contribution >= 4 is 27.7 Å². The van der Waals surface area contributed by atoms with E-state index in [1.807, 2.05) is 0 Å². The molecular formula is C7H9BrN4O2. The Morgan fingerprint density at radius 2 is 2.43 bits per heavy atom. The predicted molar refractivity (Wildman–Crippen MR) is 54.9 cm³/mol. The number of hydrogen-bond donors (Lipinski definition) is 3. The third-order valence-electron chi connectivity index (χ3n) is 1.46. The molecule has 0 atom stereocenters. The molecule has 0 saturated heterocycles. The number of primary amides is 1. The molecule has 0 aliphatic carbocycles. The summed E-state index contributed by atoms with van der Waals surface area (Å²) >= 11 is 3.06. The van der Waals surface area contributed by atoms with Crippen LogP contribution < -0.4 is 16.6 Å². The van der Waals surface area contributed by atoms with Crippen molar-refractivity contribution in [2.45, 2.75) is 6.42 Å². The van der Waals surface area contributed by atoms with E-state index in [4.69, 9.17) is 5.73 Å². The van der Waals surface area contributed by atoms with E-state index in [-0.39, 0.29) is 12.0 Å². The molecule has 7 heteroatoms. The van der Waals surface area contributed by atoms with Crippen LogP contribution in [0.25, 0.3) is 0 Å². The van der Waals surface area contributed by atoms with Crippen LogP contribution >= 0.6 is 15.9 Å². The Bertz CT molecular complexity index is 390. The first-order valence-corrected chi connectivity index (χ1v) is 4.66. The smallest absolute Gasteiger partial charge is 0.267 e. The predicted octanol–water partition coefficient (Wildman–Crippen LogP) is -0.180. The highest BCUT2D eigenvalue weighted by atomic mass is 79.9. The van der Waals surface area contributed by atoms with Crippen molar-refractivity contribution in [3.63, 3.8) is 0 Å². The molecule has 4 N–H and O–H groups in total. The van der Waals surface area contributed by atoms with E-state index in [9.17, 15) is 9.59 Å². The van der Waals surface area contributed by atoms with Gasteiger partial charge < -0.3 is 16.0 Å². The van der Waals surface area contributed by atoms with E-state index in [1.54, 1.807) is 0 Å². The SMILES string of the molecule is NC(=O)CCNc1nc[nH]c(=O)c1Br. The Balaban J connectivity index is 2.63. The van der Waals surface area contributed by atoms with Gasteiger partial charge in [0.25, 0.3) is 5.56 Å². The summed E-state index contributed by atoms with van der Waals surface area (Å²) in [5.41, 5.74) is 4.67. The third-order valence-corrected chi connectivity index (χ3v) is 2.20. The Morgan fingerprint density at radius 3 is 3.07 bits per heavy atom. The minimum Gasteiger partial charge on any atom is -0.370 e. The largest absolute Gasteiger partial charge is 0.370 e. The summed E-state index contributed by atoms with van der Waals surface area (Å²) in [6.07, 6.45) is 1.47. The first-order valence-electron chi connectivity index (χ1n) is 3.86. The molecule has 0 saturated carbocycles. The summed E-state index contributed by atoms with van der Waals surface area (Å²) in [7, 11) is 0. The highest BCUT2D eigenvalue weighted by Gasteiger charge is 2.04. The van der Waals surface area contributed by atoms with Gasteiger partial charge in [-0.1, -0.05) is 0 Å². The van der Waals surface area contributed by atoms with Gasteiger partial charge in [-0.2, -0.15) is 0 Å². The molecule has 1 aromatic heterocycles. The highest BCUT2D eigenvalue weighted by Crippen LogP contribution is 2.12. The van der Waals surface area contributed by atoms with Gasteiger partial charge in [0.15, 0.2) is 0 Å².